The number of ether oxygens (including phenoxy) is 1. The van der Waals surface area contributed by atoms with Gasteiger partial charge in [-0.3, -0.25) is 9.59 Å². The van der Waals surface area contributed by atoms with Crippen molar-refractivity contribution < 1.29 is 14.3 Å². The fourth-order valence-electron chi connectivity index (χ4n) is 2.76. The second-order valence-corrected chi connectivity index (χ2v) is 5.35. The predicted molar refractivity (Wildman–Crippen MR) is 87.8 cm³/mol. The third kappa shape index (κ3) is 2.77. The van der Waals surface area contributed by atoms with Crippen molar-refractivity contribution >= 4 is 17.5 Å². The summed E-state index contributed by atoms with van der Waals surface area (Å²) in [6.07, 6.45) is 0. The molecule has 118 valence electrons. The van der Waals surface area contributed by atoms with Crippen molar-refractivity contribution in [2.75, 3.05) is 19.0 Å². The van der Waals surface area contributed by atoms with Crippen LogP contribution in [0, 0.1) is 0 Å². The van der Waals surface area contributed by atoms with Crippen LogP contribution in [0.1, 0.15) is 33.2 Å². The summed E-state index contributed by atoms with van der Waals surface area (Å²) in [5, 5.41) is 2.83. The summed E-state index contributed by atoms with van der Waals surface area (Å²) >= 11 is 0. The van der Waals surface area contributed by atoms with Crippen molar-refractivity contribution in [1.29, 1.82) is 0 Å². The Morgan fingerprint density at radius 1 is 1.26 bits per heavy atom. The van der Waals surface area contributed by atoms with Gasteiger partial charge >= 0.3 is 0 Å². The Bertz CT molecular complexity index is 771. The number of fused-ring (bicyclic) bond motifs is 1. The van der Waals surface area contributed by atoms with E-state index in [2.05, 4.69) is 5.32 Å². The van der Waals surface area contributed by atoms with Gasteiger partial charge in [0.15, 0.2) is 0 Å². The summed E-state index contributed by atoms with van der Waals surface area (Å²) in [7, 11) is 1.57. The lowest BCUT2D eigenvalue weighted by molar-refractivity contribution is 0.0783. The number of rotatable bonds is 4. The molecular weight excluding hydrogens is 292 g/mol. The van der Waals surface area contributed by atoms with Crippen LogP contribution in [0.15, 0.2) is 42.5 Å². The van der Waals surface area contributed by atoms with Crippen LogP contribution in [0.25, 0.3) is 0 Å². The molecule has 3 rings (SSSR count). The first kappa shape index (κ1) is 15.1. The zero-order valence-electron chi connectivity index (χ0n) is 13.1. The molecule has 0 aromatic heterocycles. The van der Waals surface area contributed by atoms with Crippen LogP contribution in [0.4, 0.5) is 5.69 Å². The van der Waals surface area contributed by atoms with Crippen molar-refractivity contribution in [2.45, 2.75) is 13.5 Å². The number of carbonyl (C=O) groups excluding carboxylic acids is 2. The number of hydrogen-bond acceptors (Lipinski definition) is 3. The Hall–Kier alpha value is -2.82. The summed E-state index contributed by atoms with van der Waals surface area (Å²) in [6.45, 7) is 3.12. The molecular formula is C18H18N2O3. The summed E-state index contributed by atoms with van der Waals surface area (Å²) in [4.78, 5) is 26.8. The van der Waals surface area contributed by atoms with Crippen molar-refractivity contribution in [2.24, 2.45) is 0 Å². The fraction of sp³-hybridized carbons (Fsp3) is 0.222. The highest BCUT2D eigenvalue weighted by atomic mass is 16.5. The number of hydrogen-bond donors (Lipinski definition) is 1. The van der Waals surface area contributed by atoms with Crippen LogP contribution in [0.3, 0.4) is 0 Å². The number of amides is 2. The predicted octanol–water partition coefficient (Wildman–Crippen LogP) is 2.92. The van der Waals surface area contributed by atoms with Gasteiger partial charge in [0.2, 0.25) is 0 Å². The second kappa shape index (κ2) is 6.12. The zero-order chi connectivity index (χ0) is 16.4. The van der Waals surface area contributed by atoms with Crippen molar-refractivity contribution in [3.8, 4) is 5.75 Å². The molecule has 1 aliphatic rings. The van der Waals surface area contributed by atoms with Gasteiger partial charge in [-0.2, -0.15) is 0 Å². The lowest BCUT2D eigenvalue weighted by Gasteiger charge is -2.12. The lowest BCUT2D eigenvalue weighted by atomic mass is 10.0. The van der Waals surface area contributed by atoms with Gasteiger partial charge in [-0.1, -0.05) is 18.2 Å². The molecule has 0 saturated carbocycles. The highest BCUT2D eigenvalue weighted by Gasteiger charge is 2.30. The molecule has 0 fully saturated rings. The molecule has 2 aromatic carbocycles. The second-order valence-electron chi connectivity index (χ2n) is 5.35. The molecule has 0 aliphatic carbocycles. The minimum Gasteiger partial charge on any atom is -0.497 e. The maximum atomic E-state index is 12.6. The third-order valence-electron chi connectivity index (χ3n) is 3.97. The Labute approximate surface area is 134 Å². The van der Waals surface area contributed by atoms with E-state index in [0.29, 0.717) is 35.7 Å². The summed E-state index contributed by atoms with van der Waals surface area (Å²) < 4.78 is 5.15. The average Bonchev–Trinajstić information content (AvgIpc) is 2.91. The first-order valence-electron chi connectivity index (χ1n) is 7.50. The third-order valence-corrected chi connectivity index (χ3v) is 3.97. The summed E-state index contributed by atoms with van der Waals surface area (Å²) in [5.41, 5.74) is 2.45. The lowest BCUT2D eigenvalue weighted by Crippen LogP contribution is -2.24. The fourth-order valence-corrected chi connectivity index (χ4v) is 2.76. The number of carbonyl (C=O) groups is 2. The first-order chi connectivity index (χ1) is 11.1. The van der Waals surface area contributed by atoms with E-state index in [1.165, 1.54) is 0 Å². The quantitative estimate of drug-likeness (QED) is 0.944. The highest BCUT2D eigenvalue weighted by molar-refractivity contribution is 6.13. The molecule has 0 bridgehead atoms. The maximum Gasteiger partial charge on any atom is 0.256 e. The van der Waals surface area contributed by atoms with Crippen LogP contribution in [-0.2, 0) is 6.54 Å². The maximum absolute atomic E-state index is 12.6. The topological polar surface area (TPSA) is 58.6 Å². The number of nitrogens with one attached hydrogen (secondary N) is 1. The van der Waals surface area contributed by atoms with E-state index in [9.17, 15) is 9.59 Å². The Balaban J connectivity index is 1.90. The number of methoxy groups -OCH3 is 1. The largest absolute Gasteiger partial charge is 0.497 e. The van der Waals surface area contributed by atoms with Crippen molar-refractivity contribution in [3.63, 3.8) is 0 Å². The van der Waals surface area contributed by atoms with Crippen molar-refractivity contribution in [3.05, 3.63) is 59.2 Å². The molecule has 1 heterocycles. The van der Waals surface area contributed by atoms with Crippen LogP contribution >= 0.6 is 0 Å². The summed E-state index contributed by atoms with van der Waals surface area (Å²) in [6, 6.07) is 12.5. The molecule has 0 atom stereocenters. The minimum atomic E-state index is -0.290. The minimum absolute atomic E-state index is 0.0844. The zero-order valence-corrected chi connectivity index (χ0v) is 13.1. The van der Waals surface area contributed by atoms with Gasteiger partial charge in [0.1, 0.15) is 5.75 Å². The standard InChI is InChI=1S/C18H18N2O3/c1-3-20-11-12-6-4-9-15(16(12)18(20)22)17(21)19-13-7-5-8-14(10-13)23-2/h4-10H,3,11H2,1-2H3,(H,19,21). The van der Waals surface area contributed by atoms with E-state index in [-0.39, 0.29) is 11.8 Å². The van der Waals surface area contributed by atoms with Gasteiger partial charge < -0.3 is 15.0 Å². The van der Waals surface area contributed by atoms with E-state index in [1.807, 2.05) is 19.1 Å². The van der Waals surface area contributed by atoms with Crippen LogP contribution in [0.5, 0.6) is 5.75 Å². The Kier molecular flexibility index (Phi) is 4.02. The first-order valence-corrected chi connectivity index (χ1v) is 7.50. The molecule has 5 heteroatoms. The SMILES string of the molecule is CCN1Cc2cccc(C(=O)Nc3cccc(OC)c3)c2C1=O. The Morgan fingerprint density at radius 2 is 2.04 bits per heavy atom. The van der Waals surface area contributed by atoms with Crippen LogP contribution in [-0.4, -0.2) is 30.4 Å². The molecule has 0 unspecified atom stereocenters. The van der Waals surface area contributed by atoms with E-state index in [0.717, 1.165) is 5.56 Å². The van der Waals surface area contributed by atoms with Crippen LogP contribution in [0.2, 0.25) is 0 Å². The highest BCUT2D eigenvalue weighted by Crippen LogP contribution is 2.27. The van der Waals surface area contributed by atoms with E-state index in [4.69, 9.17) is 4.74 Å². The monoisotopic (exact) mass is 310 g/mol. The van der Waals surface area contributed by atoms with Gasteiger partial charge in [0, 0.05) is 24.8 Å². The summed E-state index contributed by atoms with van der Waals surface area (Å²) in [5.74, 6) is 0.287. The molecule has 2 aromatic rings. The molecule has 0 spiro atoms. The molecule has 1 N–H and O–H groups in total. The Morgan fingerprint density at radius 3 is 2.78 bits per heavy atom. The van der Waals surface area contributed by atoms with Gasteiger partial charge in [0.25, 0.3) is 11.8 Å². The molecule has 0 saturated heterocycles. The molecule has 5 nitrogen and oxygen atoms in total. The smallest absolute Gasteiger partial charge is 0.256 e. The van der Waals surface area contributed by atoms with Gasteiger partial charge in [-0.15, -0.1) is 0 Å². The van der Waals surface area contributed by atoms with E-state index < -0.39 is 0 Å². The van der Waals surface area contributed by atoms with Gasteiger partial charge in [-0.05, 0) is 30.7 Å². The van der Waals surface area contributed by atoms with Gasteiger partial charge in [-0.25, -0.2) is 0 Å². The van der Waals surface area contributed by atoms with Gasteiger partial charge in [0.05, 0.1) is 18.2 Å². The molecule has 0 radical (unpaired) electrons. The van der Waals surface area contributed by atoms with Crippen LogP contribution < -0.4 is 10.1 Å². The van der Waals surface area contributed by atoms with E-state index >= 15 is 0 Å². The average molecular weight is 310 g/mol. The van der Waals surface area contributed by atoms with E-state index in [1.54, 1.807) is 42.3 Å². The molecule has 23 heavy (non-hydrogen) atoms. The number of benzene rings is 2. The van der Waals surface area contributed by atoms with Crippen molar-refractivity contribution in [1.82, 2.24) is 4.90 Å². The number of nitrogens with zero attached hydrogens (tertiary/aromatic N) is 1. The molecule has 1 aliphatic heterocycles. The normalized spacial score (nSPS) is 13.0. The number of anilines is 1. The molecule has 2 amide bonds.